The maximum absolute atomic E-state index is 5.83. The van der Waals surface area contributed by atoms with E-state index in [1.165, 1.54) is 0 Å². The van der Waals surface area contributed by atoms with Gasteiger partial charge in [0.05, 0.1) is 11.4 Å². The summed E-state index contributed by atoms with van der Waals surface area (Å²) in [6.45, 7) is 0. The number of halogens is 3. The van der Waals surface area contributed by atoms with Gasteiger partial charge in [0.15, 0.2) is 5.82 Å². The van der Waals surface area contributed by atoms with Crippen molar-refractivity contribution in [1.29, 1.82) is 0 Å². The second kappa shape index (κ2) is 5.25. The van der Waals surface area contributed by atoms with E-state index in [0.29, 0.717) is 16.7 Å². The first-order chi connectivity index (χ1) is 8.08. The lowest BCUT2D eigenvalue weighted by Gasteiger charge is -2.11. The summed E-state index contributed by atoms with van der Waals surface area (Å²) < 4.78 is 1.82. The van der Waals surface area contributed by atoms with Crippen LogP contribution >= 0.6 is 43.5 Å². The number of pyridine rings is 1. The fourth-order valence-electron chi connectivity index (χ4n) is 1.28. The molecule has 3 nitrogen and oxygen atoms in total. The quantitative estimate of drug-likeness (QED) is 0.753. The second-order valence-electron chi connectivity index (χ2n) is 3.29. The molecule has 0 atom stereocenters. The zero-order valence-corrected chi connectivity index (χ0v) is 12.5. The Kier molecular flexibility index (Phi) is 3.91. The number of anilines is 3. The molecule has 2 aromatic rings. The molecule has 0 fully saturated rings. The van der Waals surface area contributed by atoms with Crippen molar-refractivity contribution in [2.75, 3.05) is 11.1 Å². The number of aromatic nitrogens is 1. The van der Waals surface area contributed by atoms with Crippen molar-refractivity contribution in [1.82, 2.24) is 4.98 Å². The van der Waals surface area contributed by atoms with E-state index >= 15 is 0 Å². The maximum atomic E-state index is 5.83. The van der Waals surface area contributed by atoms with Gasteiger partial charge in [0, 0.05) is 8.95 Å². The number of benzene rings is 1. The van der Waals surface area contributed by atoms with Crippen LogP contribution in [0.5, 0.6) is 0 Å². The van der Waals surface area contributed by atoms with Gasteiger partial charge in [0.2, 0.25) is 0 Å². The fraction of sp³-hybridized carbons (Fsp3) is 0. The predicted octanol–water partition coefficient (Wildman–Crippen LogP) is 4.59. The molecule has 0 bridgehead atoms. The Balaban J connectivity index is 2.41. The number of hydrogen-bond donors (Lipinski definition) is 2. The zero-order valence-electron chi connectivity index (χ0n) is 8.55. The molecular weight excluding hydrogens is 369 g/mol. The number of para-hydroxylation sites is 1. The van der Waals surface area contributed by atoms with Gasteiger partial charge in [-0.15, -0.1) is 0 Å². The summed E-state index contributed by atoms with van der Waals surface area (Å²) in [6.07, 6.45) is 0. The first-order valence-electron chi connectivity index (χ1n) is 4.71. The highest BCUT2D eigenvalue weighted by molar-refractivity contribution is 9.11. The van der Waals surface area contributed by atoms with Crippen molar-refractivity contribution in [3.8, 4) is 0 Å². The van der Waals surface area contributed by atoms with Crippen LogP contribution in [-0.2, 0) is 0 Å². The minimum Gasteiger partial charge on any atom is -0.396 e. The van der Waals surface area contributed by atoms with E-state index in [1.54, 1.807) is 12.1 Å². The monoisotopic (exact) mass is 375 g/mol. The Bertz CT molecular complexity index is 540. The van der Waals surface area contributed by atoms with Crippen LogP contribution in [0.3, 0.4) is 0 Å². The van der Waals surface area contributed by atoms with Gasteiger partial charge in [0.25, 0.3) is 0 Å². The van der Waals surface area contributed by atoms with Gasteiger partial charge < -0.3 is 11.1 Å². The molecule has 0 radical (unpaired) electrons. The number of nitrogens with one attached hydrogen (secondary N) is 1. The first kappa shape index (κ1) is 12.7. The molecule has 3 N–H and O–H groups in total. The third kappa shape index (κ3) is 2.91. The van der Waals surface area contributed by atoms with Gasteiger partial charge in [-0.3, -0.25) is 0 Å². The molecule has 0 saturated heterocycles. The van der Waals surface area contributed by atoms with Crippen LogP contribution in [0.4, 0.5) is 17.2 Å². The van der Waals surface area contributed by atoms with E-state index in [0.717, 1.165) is 14.6 Å². The van der Waals surface area contributed by atoms with Crippen LogP contribution < -0.4 is 11.1 Å². The topological polar surface area (TPSA) is 50.9 Å². The first-order valence-corrected chi connectivity index (χ1v) is 6.67. The summed E-state index contributed by atoms with van der Waals surface area (Å²) in [5.41, 5.74) is 7.22. The molecule has 0 aliphatic rings. The van der Waals surface area contributed by atoms with E-state index in [1.807, 2.05) is 18.2 Å². The highest BCUT2D eigenvalue weighted by Crippen LogP contribution is 2.34. The number of nitrogen functional groups attached to an aromatic ring is 1. The van der Waals surface area contributed by atoms with Crippen LogP contribution in [0.25, 0.3) is 0 Å². The smallest absolute Gasteiger partial charge is 0.155 e. The van der Waals surface area contributed by atoms with E-state index in [2.05, 4.69) is 42.2 Å². The van der Waals surface area contributed by atoms with Gasteiger partial charge in [-0.1, -0.05) is 17.7 Å². The minimum atomic E-state index is 0.393. The van der Waals surface area contributed by atoms with Crippen LogP contribution in [0.15, 0.2) is 39.3 Å². The van der Waals surface area contributed by atoms with Crippen molar-refractivity contribution in [3.05, 3.63) is 44.4 Å². The normalized spacial score (nSPS) is 10.3. The third-order valence-electron chi connectivity index (χ3n) is 2.10. The van der Waals surface area contributed by atoms with E-state index < -0.39 is 0 Å². The third-order valence-corrected chi connectivity index (χ3v) is 3.63. The molecule has 0 spiro atoms. The molecular formula is C11H8Br2ClN3. The minimum absolute atomic E-state index is 0.393. The molecule has 1 aromatic heterocycles. The number of nitrogens with two attached hydrogens (primary N) is 1. The summed E-state index contributed by atoms with van der Waals surface area (Å²) in [4.78, 5) is 4.14. The number of rotatable bonds is 2. The predicted molar refractivity (Wildman–Crippen MR) is 78.8 cm³/mol. The zero-order chi connectivity index (χ0) is 12.4. The fourth-order valence-corrected chi connectivity index (χ4v) is 2.63. The Morgan fingerprint density at radius 1 is 1.12 bits per heavy atom. The second-order valence-corrected chi connectivity index (χ2v) is 5.39. The number of nitrogens with zero attached hydrogens (tertiary/aromatic N) is 1. The summed E-state index contributed by atoms with van der Waals surface area (Å²) in [7, 11) is 0. The van der Waals surface area contributed by atoms with Gasteiger partial charge in [-0.2, -0.15) is 0 Å². The van der Waals surface area contributed by atoms with Crippen molar-refractivity contribution in [3.63, 3.8) is 0 Å². The lowest BCUT2D eigenvalue weighted by atomic mass is 10.3. The summed E-state index contributed by atoms with van der Waals surface area (Å²) in [5, 5.41) is 3.53. The van der Waals surface area contributed by atoms with Crippen molar-refractivity contribution in [2.45, 2.75) is 0 Å². The Hall–Kier alpha value is -0.780. The average Bonchev–Trinajstić information content (AvgIpc) is 2.28. The molecule has 1 heterocycles. The molecule has 0 unspecified atom stereocenters. The van der Waals surface area contributed by atoms with Crippen molar-refractivity contribution in [2.24, 2.45) is 0 Å². The highest BCUT2D eigenvalue weighted by Gasteiger charge is 2.08. The van der Waals surface area contributed by atoms with Gasteiger partial charge in [-0.05, 0) is 56.1 Å². The molecule has 88 valence electrons. The van der Waals surface area contributed by atoms with Gasteiger partial charge in [-0.25, -0.2) is 4.98 Å². The van der Waals surface area contributed by atoms with Crippen LogP contribution in [-0.4, -0.2) is 4.98 Å². The SMILES string of the molecule is Nc1ccc(Cl)nc1Nc1c(Br)cccc1Br. The largest absolute Gasteiger partial charge is 0.396 e. The summed E-state index contributed by atoms with van der Waals surface area (Å²) >= 11 is 12.7. The number of hydrogen-bond acceptors (Lipinski definition) is 3. The molecule has 0 amide bonds. The molecule has 0 aliphatic carbocycles. The molecule has 17 heavy (non-hydrogen) atoms. The average molecular weight is 377 g/mol. The molecule has 1 aromatic carbocycles. The van der Waals surface area contributed by atoms with Crippen LogP contribution in [0.2, 0.25) is 5.15 Å². The molecule has 0 saturated carbocycles. The lowest BCUT2D eigenvalue weighted by Crippen LogP contribution is -2.00. The van der Waals surface area contributed by atoms with Crippen LogP contribution in [0, 0.1) is 0 Å². The van der Waals surface area contributed by atoms with Gasteiger partial charge >= 0.3 is 0 Å². The van der Waals surface area contributed by atoms with Crippen molar-refractivity contribution < 1.29 is 0 Å². The molecule has 2 rings (SSSR count). The Morgan fingerprint density at radius 2 is 1.76 bits per heavy atom. The molecule has 6 heteroatoms. The summed E-state index contributed by atoms with van der Waals surface area (Å²) in [6, 6.07) is 9.13. The summed E-state index contributed by atoms with van der Waals surface area (Å²) in [5.74, 6) is 0.533. The van der Waals surface area contributed by atoms with Crippen molar-refractivity contribution >= 4 is 60.7 Å². The lowest BCUT2D eigenvalue weighted by molar-refractivity contribution is 1.30. The highest BCUT2D eigenvalue weighted by atomic mass is 79.9. The van der Waals surface area contributed by atoms with E-state index in [-0.39, 0.29) is 0 Å². The Morgan fingerprint density at radius 3 is 2.41 bits per heavy atom. The van der Waals surface area contributed by atoms with E-state index in [9.17, 15) is 0 Å². The van der Waals surface area contributed by atoms with Crippen LogP contribution in [0.1, 0.15) is 0 Å². The maximum Gasteiger partial charge on any atom is 0.155 e. The van der Waals surface area contributed by atoms with E-state index in [4.69, 9.17) is 17.3 Å². The standard InChI is InChI=1S/C11H8Br2ClN3/c12-6-2-1-3-7(13)10(6)17-11-8(15)4-5-9(14)16-11/h1-5H,15H2,(H,16,17). The Labute approximate surface area is 121 Å². The van der Waals surface area contributed by atoms with Gasteiger partial charge in [0.1, 0.15) is 5.15 Å². The molecule has 0 aliphatic heterocycles.